The van der Waals surface area contributed by atoms with Gasteiger partial charge in [0.15, 0.2) is 5.60 Å². The third kappa shape index (κ3) is 7.74. The molecule has 7 nitrogen and oxygen atoms in total. The summed E-state index contributed by atoms with van der Waals surface area (Å²) in [5.74, 6) is 0.302. The number of aliphatic carboxylic acids is 1. The molecule has 0 heterocycles. The summed E-state index contributed by atoms with van der Waals surface area (Å²) in [4.78, 5) is 11.3. The highest BCUT2D eigenvalue weighted by molar-refractivity contribution is 7.88. The summed E-state index contributed by atoms with van der Waals surface area (Å²) in [6.07, 6.45) is -1.49. The van der Waals surface area contributed by atoms with Gasteiger partial charge in [0.2, 0.25) is 10.0 Å². The first-order chi connectivity index (χ1) is 17.2. The van der Waals surface area contributed by atoms with Crippen LogP contribution in [0.1, 0.15) is 42.5 Å². The number of halogens is 2. The molecule has 3 aromatic rings. The summed E-state index contributed by atoms with van der Waals surface area (Å²) >= 11 is 0. The number of carboxylic acid groups (broad SMARTS) is 1. The van der Waals surface area contributed by atoms with Crippen LogP contribution in [0.2, 0.25) is 0 Å². The van der Waals surface area contributed by atoms with Gasteiger partial charge in [-0.2, -0.15) is 4.31 Å². The summed E-state index contributed by atoms with van der Waals surface area (Å²) < 4.78 is 63.3. The average Bonchev–Trinajstić information content (AvgIpc) is 2.80. The fourth-order valence-corrected chi connectivity index (χ4v) is 4.20. The number of nitrogens with zero attached hydrogens (tertiary/aromatic N) is 1. The molecule has 0 amide bonds. The van der Waals surface area contributed by atoms with Crippen LogP contribution in [0, 0.1) is 6.92 Å². The molecule has 0 saturated heterocycles. The maximum absolute atomic E-state index is 12.8. The van der Waals surface area contributed by atoms with Crippen molar-refractivity contribution >= 4 is 16.0 Å². The number of benzene rings is 3. The molecular weight excluding hydrogens is 504 g/mol. The molecule has 37 heavy (non-hydrogen) atoms. The Bertz CT molecular complexity index is 1360. The molecule has 0 fully saturated rings. The lowest BCUT2D eigenvalue weighted by molar-refractivity contribution is -0.152. The molecule has 198 valence electrons. The van der Waals surface area contributed by atoms with E-state index in [0.29, 0.717) is 33.9 Å². The first-order valence-corrected chi connectivity index (χ1v) is 13.2. The zero-order valence-electron chi connectivity index (χ0n) is 20.9. The highest BCUT2D eigenvalue weighted by atomic mass is 32.2. The van der Waals surface area contributed by atoms with Gasteiger partial charge >= 0.3 is 5.97 Å². The van der Waals surface area contributed by atoms with Crippen molar-refractivity contribution in [1.82, 2.24) is 4.31 Å². The SMILES string of the molecule is Cc1cc(Oc2cccc(CN(Cc3ccc(C(F)F)cc3)S(C)(=O)=O)c2)ccc1OC(C)(C)C(=O)O. The minimum Gasteiger partial charge on any atom is -0.478 e. The molecule has 3 aromatic carbocycles. The normalized spacial score (nSPS) is 12.1. The van der Waals surface area contributed by atoms with Crippen LogP contribution in [0.15, 0.2) is 66.7 Å². The number of sulfonamides is 1. The van der Waals surface area contributed by atoms with E-state index in [4.69, 9.17) is 9.47 Å². The van der Waals surface area contributed by atoms with E-state index in [1.807, 2.05) is 0 Å². The van der Waals surface area contributed by atoms with Crippen molar-refractivity contribution in [2.24, 2.45) is 0 Å². The Kier molecular flexibility index (Phi) is 8.55. The van der Waals surface area contributed by atoms with Gasteiger partial charge in [-0.1, -0.05) is 36.4 Å². The van der Waals surface area contributed by atoms with Crippen LogP contribution in [0.25, 0.3) is 0 Å². The molecule has 0 aliphatic carbocycles. The molecule has 0 atom stereocenters. The van der Waals surface area contributed by atoms with Crippen LogP contribution in [-0.4, -0.2) is 35.7 Å². The average molecular weight is 534 g/mol. The monoisotopic (exact) mass is 533 g/mol. The van der Waals surface area contributed by atoms with Crippen LogP contribution in [0.3, 0.4) is 0 Å². The second kappa shape index (κ2) is 11.3. The molecule has 0 aliphatic rings. The van der Waals surface area contributed by atoms with Crippen LogP contribution in [-0.2, 0) is 27.9 Å². The Morgan fingerprint density at radius 2 is 1.59 bits per heavy atom. The van der Waals surface area contributed by atoms with E-state index in [9.17, 15) is 27.1 Å². The van der Waals surface area contributed by atoms with Gasteiger partial charge in [-0.05, 0) is 67.8 Å². The highest BCUT2D eigenvalue weighted by Crippen LogP contribution is 2.30. The van der Waals surface area contributed by atoms with Crippen LogP contribution < -0.4 is 9.47 Å². The molecule has 0 spiro atoms. The number of carbonyl (C=O) groups is 1. The van der Waals surface area contributed by atoms with Crippen molar-refractivity contribution in [1.29, 1.82) is 0 Å². The summed E-state index contributed by atoms with van der Waals surface area (Å²) in [7, 11) is -3.60. The van der Waals surface area contributed by atoms with E-state index in [1.165, 1.54) is 42.4 Å². The number of carboxylic acids is 1. The van der Waals surface area contributed by atoms with Crippen LogP contribution in [0.5, 0.6) is 17.2 Å². The molecule has 0 bridgehead atoms. The summed E-state index contributed by atoms with van der Waals surface area (Å²) in [6, 6.07) is 17.5. The standard InChI is InChI=1S/C27H29F2NO6S/c1-18-14-23(12-13-24(18)36-27(2,3)26(31)32)35-22-7-5-6-20(15-22)17-30(37(4,33)34)16-19-8-10-21(11-9-19)25(28)29/h5-15,25H,16-17H2,1-4H3,(H,31,32). The number of hydrogen-bond acceptors (Lipinski definition) is 5. The van der Waals surface area contributed by atoms with Crippen molar-refractivity contribution in [2.75, 3.05) is 6.26 Å². The highest BCUT2D eigenvalue weighted by Gasteiger charge is 2.30. The summed E-state index contributed by atoms with van der Waals surface area (Å²) in [5, 5.41) is 9.28. The van der Waals surface area contributed by atoms with E-state index in [0.717, 1.165) is 6.26 Å². The number of alkyl halides is 2. The molecule has 0 radical (unpaired) electrons. The minimum absolute atomic E-state index is 0.0286. The fraction of sp³-hybridized carbons (Fsp3) is 0.296. The largest absolute Gasteiger partial charge is 0.478 e. The van der Waals surface area contributed by atoms with E-state index in [1.54, 1.807) is 49.4 Å². The number of aryl methyl sites for hydroxylation is 1. The smallest absolute Gasteiger partial charge is 0.347 e. The van der Waals surface area contributed by atoms with Gasteiger partial charge in [-0.3, -0.25) is 0 Å². The van der Waals surface area contributed by atoms with Gasteiger partial charge in [0, 0.05) is 18.7 Å². The van der Waals surface area contributed by atoms with Gasteiger partial charge < -0.3 is 14.6 Å². The molecule has 0 aromatic heterocycles. The minimum atomic E-state index is -3.60. The first-order valence-electron chi connectivity index (χ1n) is 11.4. The lowest BCUT2D eigenvalue weighted by Crippen LogP contribution is -2.38. The summed E-state index contributed by atoms with van der Waals surface area (Å²) in [5.41, 5.74) is 0.430. The van der Waals surface area contributed by atoms with Crippen LogP contribution >= 0.6 is 0 Å². The summed E-state index contributed by atoms with van der Waals surface area (Å²) in [6.45, 7) is 4.78. The molecule has 1 N–H and O–H groups in total. The van der Waals surface area contributed by atoms with Crippen molar-refractivity contribution in [3.8, 4) is 17.2 Å². The van der Waals surface area contributed by atoms with Gasteiger partial charge in [-0.25, -0.2) is 22.0 Å². The zero-order chi connectivity index (χ0) is 27.4. The Morgan fingerprint density at radius 1 is 0.973 bits per heavy atom. The zero-order valence-corrected chi connectivity index (χ0v) is 21.8. The first kappa shape index (κ1) is 28.1. The molecular formula is C27H29F2NO6S. The van der Waals surface area contributed by atoms with E-state index in [-0.39, 0.29) is 18.7 Å². The predicted octanol–water partition coefficient (Wildman–Crippen LogP) is 5.93. The van der Waals surface area contributed by atoms with Gasteiger partial charge in [0.25, 0.3) is 6.43 Å². The molecule has 0 saturated carbocycles. The van der Waals surface area contributed by atoms with Crippen molar-refractivity contribution in [3.05, 3.63) is 89.0 Å². The third-order valence-electron chi connectivity index (χ3n) is 5.58. The lowest BCUT2D eigenvalue weighted by atomic mass is 10.1. The van der Waals surface area contributed by atoms with E-state index < -0.39 is 28.0 Å². The second-order valence-electron chi connectivity index (χ2n) is 9.17. The number of ether oxygens (including phenoxy) is 2. The van der Waals surface area contributed by atoms with Gasteiger partial charge in [-0.15, -0.1) is 0 Å². The number of hydrogen-bond donors (Lipinski definition) is 1. The maximum Gasteiger partial charge on any atom is 0.347 e. The van der Waals surface area contributed by atoms with Crippen molar-refractivity contribution in [3.63, 3.8) is 0 Å². The van der Waals surface area contributed by atoms with Crippen molar-refractivity contribution < 1.29 is 36.6 Å². The quantitative estimate of drug-likeness (QED) is 0.329. The Balaban J connectivity index is 1.74. The molecule has 3 rings (SSSR count). The van der Waals surface area contributed by atoms with E-state index in [2.05, 4.69) is 0 Å². The second-order valence-corrected chi connectivity index (χ2v) is 11.2. The topological polar surface area (TPSA) is 93.1 Å². The maximum atomic E-state index is 12.8. The molecule has 0 aliphatic heterocycles. The Morgan fingerprint density at radius 3 is 2.16 bits per heavy atom. The van der Waals surface area contributed by atoms with E-state index >= 15 is 0 Å². The predicted molar refractivity (Wildman–Crippen MR) is 136 cm³/mol. The lowest BCUT2D eigenvalue weighted by Gasteiger charge is -2.23. The fourth-order valence-electron chi connectivity index (χ4n) is 3.43. The Labute approximate surface area is 215 Å². The molecule has 10 heteroatoms. The Hall–Kier alpha value is -3.50. The number of rotatable bonds is 11. The third-order valence-corrected chi connectivity index (χ3v) is 6.78. The van der Waals surface area contributed by atoms with Crippen LogP contribution in [0.4, 0.5) is 8.78 Å². The molecule has 0 unspecified atom stereocenters. The van der Waals surface area contributed by atoms with Gasteiger partial charge in [0.1, 0.15) is 17.2 Å². The van der Waals surface area contributed by atoms with Crippen molar-refractivity contribution in [2.45, 2.75) is 45.9 Å². The van der Waals surface area contributed by atoms with Gasteiger partial charge in [0.05, 0.1) is 6.26 Å².